The largest absolute Gasteiger partial charge is 0.355 e. The lowest BCUT2D eigenvalue weighted by Gasteiger charge is -2.13. The molecule has 0 aliphatic rings. The van der Waals surface area contributed by atoms with Crippen molar-refractivity contribution in [3.05, 3.63) is 44.3 Å². The van der Waals surface area contributed by atoms with Gasteiger partial charge in [-0.1, -0.05) is 28.1 Å². The van der Waals surface area contributed by atoms with Crippen molar-refractivity contribution < 1.29 is 0 Å². The van der Waals surface area contributed by atoms with Crippen LogP contribution in [-0.2, 0) is 0 Å². The lowest BCUT2D eigenvalue weighted by atomic mass is 10.1. The van der Waals surface area contributed by atoms with Gasteiger partial charge in [0.25, 0.3) is 0 Å². The summed E-state index contributed by atoms with van der Waals surface area (Å²) in [6, 6.07) is 8.55. The fourth-order valence-electron chi connectivity index (χ4n) is 1.34. The Morgan fingerprint density at radius 1 is 1.25 bits per heavy atom. The van der Waals surface area contributed by atoms with Crippen LogP contribution in [0, 0.1) is 0 Å². The van der Waals surface area contributed by atoms with Gasteiger partial charge >= 0.3 is 0 Å². The van der Waals surface area contributed by atoms with Crippen LogP contribution in [0.2, 0.25) is 0 Å². The molecule has 1 atom stereocenters. The molecule has 1 heterocycles. The van der Waals surface area contributed by atoms with Crippen molar-refractivity contribution in [1.82, 2.24) is 4.98 Å². The third-order valence-electron chi connectivity index (χ3n) is 2.19. The molecule has 1 unspecified atom stereocenters. The highest BCUT2D eigenvalue weighted by atomic mass is 79.9. The van der Waals surface area contributed by atoms with E-state index in [2.05, 4.69) is 61.2 Å². The molecule has 0 aliphatic heterocycles. The Bertz CT molecular complexity index is 467. The maximum atomic E-state index is 4.31. The third-order valence-corrected chi connectivity index (χ3v) is 4.20. The fourth-order valence-corrected chi connectivity index (χ4v) is 2.84. The summed E-state index contributed by atoms with van der Waals surface area (Å²) in [7, 11) is 0. The van der Waals surface area contributed by atoms with E-state index in [4.69, 9.17) is 0 Å². The predicted molar refractivity (Wildman–Crippen MR) is 76.0 cm³/mol. The molecule has 1 aromatic carbocycles. The number of hydrogen-bond donors (Lipinski definition) is 1. The summed E-state index contributed by atoms with van der Waals surface area (Å²) in [5, 5.41) is 6.26. The lowest BCUT2D eigenvalue weighted by Crippen LogP contribution is -2.05. The molecule has 1 aromatic heterocycles. The first-order valence-corrected chi connectivity index (χ1v) is 7.25. The topological polar surface area (TPSA) is 24.9 Å². The molecule has 0 bridgehead atoms. The number of benzene rings is 1. The van der Waals surface area contributed by atoms with Crippen LogP contribution in [0.3, 0.4) is 0 Å². The van der Waals surface area contributed by atoms with Gasteiger partial charge in [-0.2, -0.15) is 0 Å². The Morgan fingerprint density at radius 2 is 1.94 bits per heavy atom. The number of halogens is 2. The first kappa shape index (κ1) is 12.1. The average molecular weight is 362 g/mol. The van der Waals surface area contributed by atoms with Crippen LogP contribution in [0.5, 0.6) is 0 Å². The van der Waals surface area contributed by atoms with Gasteiger partial charge in [-0.3, -0.25) is 0 Å². The van der Waals surface area contributed by atoms with E-state index < -0.39 is 0 Å². The van der Waals surface area contributed by atoms with Crippen molar-refractivity contribution in [3.8, 4) is 0 Å². The summed E-state index contributed by atoms with van der Waals surface area (Å²) in [4.78, 5) is 4.31. The predicted octanol–water partition coefficient (Wildman–Crippen LogP) is 4.84. The number of aromatic nitrogens is 1. The molecule has 0 aliphatic carbocycles. The molecule has 0 saturated heterocycles. The molecule has 2 aromatic rings. The fraction of sp³-hybridized carbons (Fsp3) is 0.182. The number of thiazole rings is 1. The normalized spacial score (nSPS) is 12.4. The van der Waals surface area contributed by atoms with Crippen LogP contribution in [0.15, 0.2) is 38.7 Å². The molecule has 16 heavy (non-hydrogen) atoms. The number of rotatable bonds is 3. The molecular weight excluding hydrogens is 352 g/mol. The summed E-state index contributed by atoms with van der Waals surface area (Å²) in [5.41, 5.74) is 1.24. The molecule has 2 rings (SSSR count). The van der Waals surface area contributed by atoms with Crippen molar-refractivity contribution in [3.63, 3.8) is 0 Å². The Hall–Kier alpha value is -0.390. The maximum absolute atomic E-state index is 4.31. The molecule has 0 saturated carbocycles. The van der Waals surface area contributed by atoms with E-state index in [1.807, 2.05) is 17.5 Å². The van der Waals surface area contributed by atoms with Gasteiger partial charge in [-0.25, -0.2) is 4.98 Å². The van der Waals surface area contributed by atoms with Crippen LogP contribution >= 0.6 is 43.2 Å². The molecule has 0 amide bonds. The van der Waals surface area contributed by atoms with Crippen LogP contribution in [0.1, 0.15) is 18.5 Å². The molecule has 0 fully saturated rings. The Labute approximate surface area is 115 Å². The molecule has 84 valence electrons. The molecular formula is C11H10Br2N2S. The summed E-state index contributed by atoms with van der Waals surface area (Å²) in [6.45, 7) is 2.12. The average Bonchev–Trinajstić information content (AvgIpc) is 2.65. The molecule has 5 heteroatoms. The van der Waals surface area contributed by atoms with E-state index in [9.17, 15) is 0 Å². The van der Waals surface area contributed by atoms with Crippen LogP contribution in [-0.4, -0.2) is 4.98 Å². The van der Waals surface area contributed by atoms with Gasteiger partial charge < -0.3 is 5.32 Å². The number of nitrogens with zero attached hydrogens (tertiary/aromatic N) is 1. The molecule has 0 radical (unpaired) electrons. The Morgan fingerprint density at radius 3 is 2.50 bits per heavy atom. The van der Waals surface area contributed by atoms with E-state index in [1.54, 1.807) is 11.3 Å². The van der Waals surface area contributed by atoms with Crippen LogP contribution in [0.4, 0.5) is 5.13 Å². The second kappa shape index (κ2) is 5.29. The van der Waals surface area contributed by atoms with Crippen LogP contribution in [0.25, 0.3) is 0 Å². The summed E-state index contributed by atoms with van der Waals surface area (Å²) < 4.78 is 1.98. The number of hydrogen-bond acceptors (Lipinski definition) is 3. The maximum Gasteiger partial charge on any atom is 0.184 e. The van der Waals surface area contributed by atoms with Crippen LogP contribution < -0.4 is 5.32 Å². The summed E-state index contributed by atoms with van der Waals surface area (Å²) in [5.74, 6) is 0. The number of anilines is 1. The highest BCUT2D eigenvalue weighted by Gasteiger charge is 2.07. The smallest absolute Gasteiger partial charge is 0.184 e. The van der Waals surface area contributed by atoms with E-state index in [1.165, 1.54) is 5.56 Å². The zero-order chi connectivity index (χ0) is 11.5. The van der Waals surface area contributed by atoms with Crippen molar-refractivity contribution in [2.24, 2.45) is 0 Å². The lowest BCUT2D eigenvalue weighted by molar-refractivity contribution is 0.880. The van der Waals surface area contributed by atoms with Gasteiger partial charge in [0.1, 0.15) is 4.60 Å². The van der Waals surface area contributed by atoms with Crippen molar-refractivity contribution >= 4 is 48.3 Å². The minimum Gasteiger partial charge on any atom is -0.355 e. The van der Waals surface area contributed by atoms with Gasteiger partial charge in [-0.15, -0.1) is 11.3 Å². The monoisotopic (exact) mass is 360 g/mol. The quantitative estimate of drug-likeness (QED) is 0.845. The van der Waals surface area contributed by atoms with Crippen molar-refractivity contribution in [1.29, 1.82) is 0 Å². The standard InChI is InChI=1S/C11H10Br2N2S/c1-7(8-2-4-9(12)5-3-8)14-11-15-10(13)6-16-11/h2-7H,1H3,(H,14,15). The number of nitrogens with one attached hydrogen (secondary N) is 1. The van der Waals surface area contributed by atoms with Gasteiger partial charge in [0.05, 0.1) is 6.04 Å². The minimum atomic E-state index is 0.256. The van der Waals surface area contributed by atoms with E-state index in [0.29, 0.717) is 0 Å². The Kier molecular flexibility index (Phi) is 4.00. The van der Waals surface area contributed by atoms with Crippen molar-refractivity contribution in [2.75, 3.05) is 5.32 Å². The highest BCUT2D eigenvalue weighted by molar-refractivity contribution is 9.10. The second-order valence-corrected chi connectivity index (χ2v) is 5.98. The minimum absolute atomic E-state index is 0.256. The van der Waals surface area contributed by atoms with Gasteiger partial charge in [0, 0.05) is 9.85 Å². The first-order chi connectivity index (χ1) is 7.65. The zero-order valence-corrected chi connectivity index (χ0v) is 12.6. The van der Waals surface area contributed by atoms with E-state index in [0.717, 1.165) is 14.2 Å². The van der Waals surface area contributed by atoms with Gasteiger partial charge in [0.2, 0.25) is 0 Å². The first-order valence-electron chi connectivity index (χ1n) is 4.78. The molecule has 2 nitrogen and oxygen atoms in total. The summed E-state index contributed by atoms with van der Waals surface area (Å²) >= 11 is 8.37. The molecule has 1 N–H and O–H groups in total. The van der Waals surface area contributed by atoms with Crippen molar-refractivity contribution in [2.45, 2.75) is 13.0 Å². The zero-order valence-electron chi connectivity index (χ0n) is 8.58. The Balaban J connectivity index is 2.08. The third kappa shape index (κ3) is 3.06. The van der Waals surface area contributed by atoms with Gasteiger partial charge in [-0.05, 0) is 40.5 Å². The molecule has 0 spiro atoms. The van der Waals surface area contributed by atoms with E-state index in [-0.39, 0.29) is 6.04 Å². The second-order valence-electron chi connectivity index (χ2n) is 3.39. The summed E-state index contributed by atoms with van der Waals surface area (Å²) in [6.07, 6.45) is 0. The van der Waals surface area contributed by atoms with E-state index >= 15 is 0 Å². The van der Waals surface area contributed by atoms with Gasteiger partial charge in [0.15, 0.2) is 5.13 Å². The highest BCUT2D eigenvalue weighted by Crippen LogP contribution is 2.25. The SMILES string of the molecule is CC(Nc1nc(Br)cs1)c1ccc(Br)cc1.